The van der Waals surface area contributed by atoms with Gasteiger partial charge in [0.05, 0.1) is 27.6 Å². The first kappa shape index (κ1) is 15.2. The first-order chi connectivity index (χ1) is 9.83. The van der Waals surface area contributed by atoms with Crippen LogP contribution < -0.4 is 0 Å². The lowest BCUT2D eigenvalue weighted by Crippen LogP contribution is -2.09. The van der Waals surface area contributed by atoms with E-state index in [1.807, 2.05) is 6.92 Å². The topological polar surface area (TPSA) is 89.3 Å². The minimum atomic E-state index is -3.61. The number of hydrogen-bond donors (Lipinski definition) is 1. The average Bonchev–Trinajstić information content (AvgIpc) is 2.79. The molecule has 0 saturated carbocycles. The van der Waals surface area contributed by atoms with E-state index in [0.29, 0.717) is 5.69 Å². The lowest BCUT2D eigenvalue weighted by atomic mass is 10.2. The maximum Gasteiger partial charge on any atom is 0.335 e. The maximum atomic E-state index is 12.4. The highest BCUT2D eigenvalue weighted by atomic mass is 32.2. The van der Waals surface area contributed by atoms with Gasteiger partial charge >= 0.3 is 5.97 Å². The third-order valence-corrected chi connectivity index (χ3v) is 4.82. The number of nitrogens with zero attached hydrogens (tertiary/aromatic N) is 2. The van der Waals surface area contributed by atoms with E-state index in [-0.39, 0.29) is 16.2 Å². The van der Waals surface area contributed by atoms with Gasteiger partial charge in [0.25, 0.3) is 0 Å². The van der Waals surface area contributed by atoms with E-state index in [2.05, 4.69) is 5.10 Å². The Morgan fingerprint density at radius 3 is 2.62 bits per heavy atom. The van der Waals surface area contributed by atoms with Crippen molar-refractivity contribution < 1.29 is 18.3 Å². The van der Waals surface area contributed by atoms with Crippen LogP contribution in [0.3, 0.4) is 0 Å². The fourth-order valence-electron chi connectivity index (χ4n) is 1.98. The second-order valence-corrected chi connectivity index (χ2v) is 6.69. The van der Waals surface area contributed by atoms with Crippen molar-refractivity contribution in [3.8, 4) is 0 Å². The molecule has 0 fully saturated rings. The van der Waals surface area contributed by atoms with Gasteiger partial charge in [-0.05, 0) is 30.7 Å². The van der Waals surface area contributed by atoms with Gasteiger partial charge in [-0.3, -0.25) is 4.68 Å². The van der Waals surface area contributed by atoms with Crippen molar-refractivity contribution in [2.24, 2.45) is 7.05 Å². The number of aryl methyl sites for hydroxylation is 2. The van der Waals surface area contributed by atoms with Crippen molar-refractivity contribution in [2.45, 2.75) is 24.0 Å². The zero-order valence-electron chi connectivity index (χ0n) is 11.8. The van der Waals surface area contributed by atoms with Gasteiger partial charge in [0.15, 0.2) is 9.84 Å². The van der Waals surface area contributed by atoms with E-state index in [0.717, 1.165) is 12.1 Å². The molecule has 6 nitrogen and oxygen atoms in total. The molecule has 2 aromatic rings. The highest BCUT2D eigenvalue weighted by molar-refractivity contribution is 7.90. The van der Waals surface area contributed by atoms with Crippen LogP contribution in [-0.2, 0) is 29.1 Å². The highest BCUT2D eigenvalue weighted by Crippen LogP contribution is 2.18. The molecule has 0 unspecified atom stereocenters. The van der Waals surface area contributed by atoms with Gasteiger partial charge in [0, 0.05) is 7.05 Å². The summed E-state index contributed by atoms with van der Waals surface area (Å²) in [7, 11) is -1.92. The van der Waals surface area contributed by atoms with Crippen LogP contribution in [-0.4, -0.2) is 29.3 Å². The van der Waals surface area contributed by atoms with Gasteiger partial charge in [-0.25, -0.2) is 13.2 Å². The van der Waals surface area contributed by atoms with E-state index in [1.165, 1.54) is 28.9 Å². The SMILES string of the molecule is CCc1cc(CS(=O)(=O)c2cccc(C(=O)O)c2)n(C)n1. The smallest absolute Gasteiger partial charge is 0.335 e. The number of sulfone groups is 1. The fraction of sp³-hybridized carbons (Fsp3) is 0.286. The predicted molar refractivity (Wildman–Crippen MR) is 76.9 cm³/mol. The standard InChI is InChI=1S/C14H16N2O4S/c1-3-11-8-12(16(2)15-11)9-21(19,20)13-6-4-5-10(7-13)14(17)18/h4-8H,3,9H2,1-2H3,(H,17,18). The number of aromatic nitrogens is 2. The Labute approximate surface area is 123 Å². The molecule has 0 radical (unpaired) electrons. The molecule has 21 heavy (non-hydrogen) atoms. The molecule has 2 rings (SSSR count). The monoisotopic (exact) mass is 308 g/mol. The molecule has 1 aromatic heterocycles. The molecule has 0 bridgehead atoms. The van der Waals surface area contributed by atoms with Crippen LogP contribution in [0.1, 0.15) is 28.7 Å². The van der Waals surface area contributed by atoms with E-state index in [1.54, 1.807) is 13.1 Å². The van der Waals surface area contributed by atoms with Crippen LogP contribution in [0.2, 0.25) is 0 Å². The molecule has 0 aliphatic heterocycles. The highest BCUT2D eigenvalue weighted by Gasteiger charge is 2.19. The summed E-state index contributed by atoms with van der Waals surface area (Å²) in [5.74, 6) is -1.36. The molecule has 0 aliphatic carbocycles. The lowest BCUT2D eigenvalue weighted by Gasteiger charge is -2.05. The maximum absolute atomic E-state index is 12.4. The largest absolute Gasteiger partial charge is 0.478 e. The van der Waals surface area contributed by atoms with Gasteiger partial charge in [-0.1, -0.05) is 13.0 Å². The number of hydrogen-bond acceptors (Lipinski definition) is 4. The minimum absolute atomic E-state index is 0.00153. The average molecular weight is 308 g/mol. The van der Waals surface area contributed by atoms with Crippen molar-refractivity contribution in [1.82, 2.24) is 9.78 Å². The van der Waals surface area contributed by atoms with Crippen LogP contribution in [0, 0.1) is 0 Å². The molecule has 0 amide bonds. The van der Waals surface area contributed by atoms with Gasteiger partial charge < -0.3 is 5.11 Å². The second kappa shape index (κ2) is 5.69. The number of carbonyl (C=O) groups is 1. The Balaban J connectivity index is 2.36. The summed E-state index contributed by atoms with van der Waals surface area (Å²) >= 11 is 0. The second-order valence-electron chi connectivity index (χ2n) is 4.70. The van der Waals surface area contributed by atoms with E-state index < -0.39 is 15.8 Å². The predicted octanol–water partition coefficient (Wildman–Crippen LogP) is 1.65. The summed E-state index contributed by atoms with van der Waals surface area (Å²) in [6, 6.07) is 7.11. The molecule has 0 spiro atoms. The Bertz CT molecular complexity index is 778. The Morgan fingerprint density at radius 1 is 1.33 bits per heavy atom. The lowest BCUT2D eigenvalue weighted by molar-refractivity contribution is 0.0696. The van der Waals surface area contributed by atoms with Crippen molar-refractivity contribution in [1.29, 1.82) is 0 Å². The van der Waals surface area contributed by atoms with Gasteiger partial charge in [0.1, 0.15) is 0 Å². The van der Waals surface area contributed by atoms with Crippen molar-refractivity contribution in [2.75, 3.05) is 0 Å². The summed E-state index contributed by atoms with van der Waals surface area (Å²) in [6.07, 6.45) is 0.725. The van der Waals surface area contributed by atoms with Crippen LogP contribution >= 0.6 is 0 Å². The molecule has 0 atom stereocenters. The summed E-state index contributed by atoms with van der Waals surface area (Å²) in [5, 5.41) is 13.1. The normalized spacial score (nSPS) is 11.5. The van der Waals surface area contributed by atoms with E-state index in [9.17, 15) is 13.2 Å². The quantitative estimate of drug-likeness (QED) is 0.907. The molecule has 1 aromatic carbocycles. The van der Waals surface area contributed by atoms with E-state index in [4.69, 9.17) is 5.11 Å². The van der Waals surface area contributed by atoms with Crippen molar-refractivity contribution >= 4 is 15.8 Å². The van der Waals surface area contributed by atoms with E-state index >= 15 is 0 Å². The number of aromatic carboxylic acids is 1. The Morgan fingerprint density at radius 2 is 2.05 bits per heavy atom. The molecular formula is C14H16N2O4S. The number of benzene rings is 1. The third kappa shape index (κ3) is 3.30. The van der Waals surface area contributed by atoms with Crippen LogP contribution in [0.15, 0.2) is 35.2 Å². The number of rotatable bonds is 5. The van der Waals surface area contributed by atoms with Crippen molar-refractivity contribution in [3.05, 3.63) is 47.3 Å². The first-order valence-electron chi connectivity index (χ1n) is 6.41. The summed E-state index contributed by atoms with van der Waals surface area (Å²) < 4.78 is 26.3. The third-order valence-electron chi connectivity index (χ3n) is 3.17. The summed E-state index contributed by atoms with van der Waals surface area (Å²) in [6.45, 7) is 1.94. The van der Waals surface area contributed by atoms with Gasteiger partial charge in [-0.15, -0.1) is 0 Å². The summed E-state index contributed by atoms with van der Waals surface area (Å²) in [4.78, 5) is 10.9. The molecular weight excluding hydrogens is 292 g/mol. The fourth-order valence-corrected chi connectivity index (χ4v) is 3.40. The molecule has 1 heterocycles. The van der Waals surface area contributed by atoms with Gasteiger partial charge in [0.2, 0.25) is 0 Å². The molecule has 1 N–H and O–H groups in total. The first-order valence-corrected chi connectivity index (χ1v) is 8.06. The van der Waals surface area contributed by atoms with Crippen LogP contribution in [0.25, 0.3) is 0 Å². The van der Waals surface area contributed by atoms with Gasteiger partial charge in [-0.2, -0.15) is 5.10 Å². The molecule has 0 saturated heterocycles. The zero-order chi connectivity index (χ0) is 15.6. The minimum Gasteiger partial charge on any atom is -0.478 e. The van der Waals surface area contributed by atoms with Crippen LogP contribution in [0.5, 0.6) is 0 Å². The Hall–Kier alpha value is -2.15. The number of carboxylic acids is 1. The summed E-state index contributed by atoms with van der Waals surface area (Å²) in [5.41, 5.74) is 1.35. The van der Waals surface area contributed by atoms with Crippen LogP contribution in [0.4, 0.5) is 0 Å². The number of carboxylic acid groups (broad SMARTS) is 1. The molecule has 112 valence electrons. The van der Waals surface area contributed by atoms with Crippen molar-refractivity contribution in [3.63, 3.8) is 0 Å². The molecule has 7 heteroatoms. The molecule has 0 aliphatic rings. The Kier molecular flexibility index (Phi) is 4.13. The zero-order valence-corrected chi connectivity index (χ0v) is 12.6.